The Morgan fingerprint density at radius 1 is 1.43 bits per heavy atom. The van der Waals surface area contributed by atoms with Gasteiger partial charge in [0.1, 0.15) is 0 Å². The number of halogens is 1. The molecule has 0 saturated heterocycles. The molecule has 0 aliphatic heterocycles. The highest BCUT2D eigenvalue weighted by Gasteiger charge is 2.06. The average molecular weight is 279 g/mol. The van der Waals surface area contributed by atoms with Gasteiger partial charge in [-0.1, -0.05) is 28.1 Å². The molecule has 0 heterocycles. The van der Waals surface area contributed by atoms with E-state index in [0.29, 0.717) is 0 Å². The molecule has 0 aliphatic rings. The Labute approximate surface area is 96.2 Å². The van der Waals surface area contributed by atoms with E-state index in [0.717, 1.165) is 22.4 Å². The lowest BCUT2D eigenvalue weighted by Gasteiger charge is -2.10. The summed E-state index contributed by atoms with van der Waals surface area (Å²) in [6, 6.07) is 7.91. The first-order valence-electron chi connectivity index (χ1n) is 4.02. The topological polar surface area (TPSA) is 27.7 Å². The molecule has 1 rings (SSSR count). The fraction of sp³-hybridized carbons (Fsp3) is 0.333. The van der Waals surface area contributed by atoms with Crippen LogP contribution in [0.5, 0.6) is 0 Å². The van der Waals surface area contributed by atoms with E-state index < -0.39 is 0 Å². The summed E-state index contributed by atoms with van der Waals surface area (Å²) in [7, 11) is 1.43. The zero-order valence-electron chi connectivity index (χ0n) is 7.90. The molecule has 5 heteroatoms. The van der Waals surface area contributed by atoms with Gasteiger partial charge in [-0.15, -0.1) is 4.33 Å². The van der Waals surface area contributed by atoms with E-state index >= 15 is 0 Å². The van der Waals surface area contributed by atoms with E-state index in [2.05, 4.69) is 25.2 Å². The lowest BCUT2D eigenvalue weighted by molar-refractivity contribution is -0.168. The molecule has 0 bridgehead atoms. The van der Waals surface area contributed by atoms with Crippen molar-refractivity contribution in [3.05, 3.63) is 34.3 Å². The molecule has 1 aromatic carbocycles. The van der Waals surface area contributed by atoms with Crippen molar-refractivity contribution in [2.45, 2.75) is 13.0 Å². The number of rotatable bonds is 5. The van der Waals surface area contributed by atoms with Crippen LogP contribution in [0, 0.1) is 0 Å². The molecule has 0 aliphatic carbocycles. The number of benzene rings is 1. The predicted octanol–water partition coefficient (Wildman–Crippen LogP) is 3.67. The van der Waals surface area contributed by atoms with Crippen LogP contribution in [0.3, 0.4) is 0 Å². The molecule has 1 atom stereocenters. The van der Waals surface area contributed by atoms with Crippen molar-refractivity contribution in [2.24, 2.45) is 0 Å². The molecule has 0 fully saturated rings. The van der Waals surface area contributed by atoms with Crippen LogP contribution in [0.1, 0.15) is 18.6 Å². The largest absolute Gasteiger partial charge is 0.281 e. The third-order valence-electron chi connectivity index (χ3n) is 1.60. The van der Waals surface area contributed by atoms with Gasteiger partial charge in [0.05, 0.1) is 13.2 Å². The third kappa shape index (κ3) is 3.98. The van der Waals surface area contributed by atoms with E-state index in [1.54, 1.807) is 0 Å². The van der Waals surface area contributed by atoms with Crippen LogP contribution in [-0.4, -0.2) is 7.11 Å². The van der Waals surface area contributed by atoms with Crippen molar-refractivity contribution >= 4 is 28.3 Å². The van der Waals surface area contributed by atoms with Crippen molar-refractivity contribution in [1.29, 1.82) is 0 Å². The van der Waals surface area contributed by atoms with Crippen molar-refractivity contribution in [1.82, 2.24) is 0 Å². The fourth-order valence-electron chi connectivity index (χ4n) is 0.918. The Balaban J connectivity index is 2.47. The molecule has 3 nitrogen and oxygen atoms in total. The van der Waals surface area contributed by atoms with Gasteiger partial charge in [0.2, 0.25) is 0 Å². The molecular formula is C9H11BrO3S. The average Bonchev–Trinajstić information content (AvgIpc) is 2.18. The Morgan fingerprint density at radius 3 is 2.86 bits per heavy atom. The molecule has 1 aromatic rings. The van der Waals surface area contributed by atoms with Crippen LogP contribution < -0.4 is 0 Å². The minimum Gasteiger partial charge on any atom is -0.281 e. The second-order valence-corrected chi connectivity index (χ2v) is 3.98. The summed E-state index contributed by atoms with van der Waals surface area (Å²) < 4.78 is 10.8. The van der Waals surface area contributed by atoms with E-state index in [9.17, 15) is 0 Å². The Hall–Kier alpha value is -0.0700. The molecule has 0 aromatic heterocycles. The molecule has 0 amide bonds. The van der Waals surface area contributed by atoms with Gasteiger partial charge in [-0.05, 0) is 24.6 Å². The summed E-state index contributed by atoms with van der Waals surface area (Å²) in [5.41, 5.74) is 1.08. The lowest BCUT2D eigenvalue weighted by atomic mass is 10.1. The molecular weight excluding hydrogens is 268 g/mol. The Morgan fingerprint density at radius 2 is 2.21 bits per heavy atom. The molecule has 0 spiro atoms. The summed E-state index contributed by atoms with van der Waals surface area (Å²) >= 11 is 4.22. The van der Waals surface area contributed by atoms with Gasteiger partial charge in [-0.25, -0.2) is 4.89 Å². The van der Waals surface area contributed by atoms with Crippen molar-refractivity contribution in [3.8, 4) is 0 Å². The van der Waals surface area contributed by atoms with Crippen LogP contribution >= 0.6 is 28.3 Å². The molecule has 0 radical (unpaired) electrons. The molecule has 0 N–H and O–H groups in total. The number of hydrogen-bond acceptors (Lipinski definition) is 4. The third-order valence-corrected chi connectivity index (χ3v) is 2.65. The Bertz CT molecular complexity index is 283. The second kappa shape index (κ2) is 6.42. The zero-order chi connectivity index (χ0) is 10.4. The van der Waals surface area contributed by atoms with Crippen molar-refractivity contribution in [3.63, 3.8) is 0 Å². The predicted molar refractivity (Wildman–Crippen MR) is 59.3 cm³/mol. The summed E-state index contributed by atoms with van der Waals surface area (Å²) in [6.45, 7) is 1.94. The van der Waals surface area contributed by atoms with Gasteiger partial charge in [0.25, 0.3) is 0 Å². The smallest absolute Gasteiger partial charge is 0.195 e. The fourth-order valence-corrected chi connectivity index (χ4v) is 1.65. The minimum absolute atomic E-state index is 0.0485. The maximum absolute atomic E-state index is 5.27. The van der Waals surface area contributed by atoms with Gasteiger partial charge < -0.3 is 0 Å². The van der Waals surface area contributed by atoms with Gasteiger partial charge in [-0.3, -0.25) is 4.18 Å². The molecule has 14 heavy (non-hydrogen) atoms. The zero-order valence-corrected chi connectivity index (χ0v) is 10.3. The van der Waals surface area contributed by atoms with Crippen LogP contribution in [0.15, 0.2) is 28.7 Å². The molecule has 1 unspecified atom stereocenters. The Kier molecular flexibility index (Phi) is 5.50. The maximum Gasteiger partial charge on any atom is 0.195 e. The van der Waals surface area contributed by atoms with Crippen LogP contribution in [0.4, 0.5) is 0 Å². The number of hydrogen-bond donors (Lipinski definition) is 0. The highest BCUT2D eigenvalue weighted by atomic mass is 79.9. The van der Waals surface area contributed by atoms with Gasteiger partial charge in [-0.2, -0.15) is 0 Å². The quantitative estimate of drug-likeness (QED) is 0.356. The van der Waals surface area contributed by atoms with Gasteiger partial charge >= 0.3 is 0 Å². The normalized spacial score (nSPS) is 12.8. The SMILES string of the molecule is COOSOC(C)c1cccc(Br)c1. The van der Waals surface area contributed by atoms with Gasteiger partial charge in [0.15, 0.2) is 12.3 Å². The maximum atomic E-state index is 5.27. The summed E-state index contributed by atoms with van der Waals surface area (Å²) in [5.74, 6) is 0. The van der Waals surface area contributed by atoms with Crippen LogP contribution in [-0.2, 0) is 13.4 Å². The summed E-state index contributed by atoms with van der Waals surface area (Å²) in [5, 5.41) is 0. The second-order valence-electron chi connectivity index (χ2n) is 2.60. The monoisotopic (exact) mass is 278 g/mol. The van der Waals surface area contributed by atoms with E-state index in [4.69, 9.17) is 4.18 Å². The first-order chi connectivity index (χ1) is 6.74. The minimum atomic E-state index is -0.0485. The standard InChI is InChI=1S/C9H11BrO3S/c1-7(12-14-13-11-2)8-4-3-5-9(10)6-8/h3-7H,1-2H3. The van der Waals surface area contributed by atoms with Crippen LogP contribution in [0.25, 0.3) is 0 Å². The van der Waals surface area contributed by atoms with Crippen molar-refractivity contribution < 1.29 is 13.4 Å². The summed E-state index contributed by atoms with van der Waals surface area (Å²) in [4.78, 5) is 4.38. The van der Waals surface area contributed by atoms with Crippen LogP contribution in [0.2, 0.25) is 0 Å². The van der Waals surface area contributed by atoms with E-state index in [1.165, 1.54) is 7.11 Å². The molecule has 0 saturated carbocycles. The van der Waals surface area contributed by atoms with E-state index in [1.807, 2.05) is 31.2 Å². The molecule has 78 valence electrons. The summed E-state index contributed by atoms with van der Waals surface area (Å²) in [6.07, 6.45) is -0.0485. The first-order valence-corrected chi connectivity index (χ1v) is 5.48. The highest BCUT2D eigenvalue weighted by molar-refractivity contribution is 9.10. The highest BCUT2D eigenvalue weighted by Crippen LogP contribution is 2.24. The van der Waals surface area contributed by atoms with E-state index in [-0.39, 0.29) is 6.10 Å². The lowest BCUT2D eigenvalue weighted by Crippen LogP contribution is -1.94. The van der Waals surface area contributed by atoms with Gasteiger partial charge in [0, 0.05) is 4.47 Å². The van der Waals surface area contributed by atoms with Crippen molar-refractivity contribution in [2.75, 3.05) is 7.11 Å². The first kappa shape index (κ1) is 12.0.